The van der Waals surface area contributed by atoms with E-state index in [1.54, 1.807) is 19.1 Å². The number of carbonyl (C=O) groups is 1. The third-order valence-electron chi connectivity index (χ3n) is 3.54. The van der Waals surface area contributed by atoms with E-state index in [-0.39, 0.29) is 23.3 Å². The molecule has 0 spiro atoms. The van der Waals surface area contributed by atoms with Gasteiger partial charge in [-0.3, -0.25) is 4.79 Å². The Labute approximate surface area is 127 Å². The smallest absolute Gasteiger partial charge is 0.251 e. The van der Waals surface area contributed by atoms with Crippen molar-refractivity contribution < 1.29 is 13.2 Å². The fourth-order valence-corrected chi connectivity index (χ4v) is 4.64. The molecule has 0 bridgehead atoms. The topological polar surface area (TPSA) is 89.3 Å². The monoisotopic (exact) mass is 360 g/mol. The SMILES string of the molecule is Cc1c(N)cc(Br)cc1C(=O)NCC1CCS(=O)(=O)C1. The molecule has 110 valence electrons. The van der Waals surface area contributed by atoms with Gasteiger partial charge in [-0.05, 0) is 37.0 Å². The molecule has 1 amide bonds. The molecule has 1 atom stereocenters. The Morgan fingerprint density at radius 2 is 2.20 bits per heavy atom. The zero-order valence-corrected chi connectivity index (χ0v) is 13.6. The zero-order chi connectivity index (χ0) is 14.9. The van der Waals surface area contributed by atoms with Crippen LogP contribution in [0.4, 0.5) is 5.69 Å². The number of amides is 1. The lowest BCUT2D eigenvalue weighted by molar-refractivity contribution is 0.0948. The van der Waals surface area contributed by atoms with E-state index in [0.29, 0.717) is 24.2 Å². The molecule has 0 aromatic heterocycles. The highest BCUT2D eigenvalue weighted by Gasteiger charge is 2.28. The number of nitrogens with two attached hydrogens (primary N) is 1. The van der Waals surface area contributed by atoms with Crippen molar-refractivity contribution in [2.24, 2.45) is 5.92 Å². The number of hydrogen-bond acceptors (Lipinski definition) is 4. The third kappa shape index (κ3) is 3.52. The summed E-state index contributed by atoms with van der Waals surface area (Å²) in [5.74, 6) is 0.164. The summed E-state index contributed by atoms with van der Waals surface area (Å²) in [4.78, 5) is 12.2. The van der Waals surface area contributed by atoms with Crippen LogP contribution in [0.2, 0.25) is 0 Å². The number of rotatable bonds is 3. The largest absolute Gasteiger partial charge is 0.398 e. The van der Waals surface area contributed by atoms with Crippen molar-refractivity contribution in [1.82, 2.24) is 5.32 Å². The van der Waals surface area contributed by atoms with Crippen molar-refractivity contribution >= 4 is 37.4 Å². The van der Waals surface area contributed by atoms with Crippen molar-refractivity contribution in [3.8, 4) is 0 Å². The van der Waals surface area contributed by atoms with Gasteiger partial charge in [0.15, 0.2) is 9.84 Å². The molecule has 1 fully saturated rings. The Morgan fingerprint density at radius 3 is 2.80 bits per heavy atom. The molecular weight excluding hydrogens is 344 g/mol. The summed E-state index contributed by atoms with van der Waals surface area (Å²) < 4.78 is 23.5. The van der Waals surface area contributed by atoms with Crippen LogP contribution in [0, 0.1) is 12.8 Å². The lowest BCUT2D eigenvalue weighted by Gasteiger charge is -2.12. The van der Waals surface area contributed by atoms with Crippen LogP contribution < -0.4 is 11.1 Å². The van der Waals surface area contributed by atoms with E-state index in [9.17, 15) is 13.2 Å². The van der Waals surface area contributed by atoms with Crippen LogP contribution in [0.1, 0.15) is 22.3 Å². The molecule has 1 aromatic carbocycles. The van der Waals surface area contributed by atoms with Gasteiger partial charge in [-0.25, -0.2) is 8.42 Å². The summed E-state index contributed by atoms with van der Waals surface area (Å²) in [5.41, 5.74) is 7.61. The highest BCUT2D eigenvalue weighted by Crippen LogP contribution is 2.23. The van der Waals surface area contributed by atoms with Gasteiger partial charge < -0.3 is 11.1 Å². The predicted octanol–water partition coefficient (Wildman–Crippen LogP) is 1.50. The fourth-order valence-electron chi connectivity index (χ4n) is 2.30. The summed E-state index contributed by atoms with van der Waals surface area (Å²) in [6.45, 7) is 2.17. The first kappa shape index (κ1) is 15.3. The Morgan fingerprint density at radius 1 is 1.50 bits per heavy atom. The highest BCUT2D eigenvalue weighted by molar-refractivity contribution is 9.10. The van der Waals surface area contributed by atoms with Crippen molar-refractivity contribution in [1.29, 1.82) is 0 Å². The molecule has 3 N–H and O–H groups in total. The molecule has 0 radical (unpaired) electrons. The molecule has 2 rings (SSSR count). The van der Waals surface area contributed by atoms with Crippen LogP contribution in [-0.4, -0.2) is 32.4 Å². The van der Waals surface area contributed by atoms with E-state index in [1.807, 2.05) is 0 Å². The minimum absolute atomic E-state index is 0.00811. The molecule has 1 unspecified atom stereocenters. The predicted molar refractivity (Wildman–Crippen MR) is 82.4 cm³/mol. The number of benzene rings is 1. The molecule has 5 nitrogen and oxygen atoms in total. The van der Waals surface area contributed by atoms with Crippen molar-refractivity contribution in [2.45, 2.75) is 13.3 Å². The number of hydrogen-bond donors (Lipinski definition) is 2. The fraction of sp³-hybridized carbons (Fsp3) is 0.462. The maximum Gasteiger partial charge on any atom is 0.251 e. The first-order valence-electron chi connectivity index (χ1n) is 6.33. The molecule has 1 aromatic rings. The van der Waals surface area contributed by atoms with Crippen LogP contribution >= 0.6 is 15.9 Å². The Kier molecular flexibility index (Phi) is 4.39. The van der Waals surface area contributed by atoms with Gasteiger partial charge >= 0.3 is 0 Å². The first-order chi connectivity index (χ1) is 9.28. The molecule has 0 saturated carbocycles. The maximum absolute atomic E-state index is 12.2. The number of anilines is 1. The molecule has 1 aliphatic heterocycles. The van der Waals surface area contributed by atoms with E-state index < -0.39 is 9.84 Å². The van der Waals surface area contributed by atoms with Gasteiger partial charge in [-0.2, -0.15) is 0 Å². The number of sulfone groups is 1. The minimum atomic E-state index is -2.91. The van der Waals surface area contributed by atoms with Gasteiger partial charge in [0.2, 0.25) is 0 Å². The van der Waals surface area contributed by atoms with Crippen LogP contribution in [0.15, 0.2) is 16.6 Å². The normalized spacial score (nSPS) is 20.8. The first-order valence-corrected chi connectivity index (χ1v) is 8.94. The molecule has 1 heterocycles. The average molecular weight is 361 g/mol. The number of nitrogen functional groups attached to an aromatic ring is 1. The van der Waals surface area contributed by atoms with Crippen LogP contribution in [0.5, 0.6) is 0 Å². The van der Waals surface area contributed by atoms with Gasteiger partial charge in [-0.1, -0.05) is 15.9 Å². The standard InChI is InChI=1S/C13H17BrN2O3S/c1-8-11(4-10(14)5-12(8)15)13(17)16-6-9-2-3-20(18,19)7-9/h4-5,9H,2-3,6-7,15H2,1H3,(H,16,17). The summed E-state index contributed by atoms with van der Waals surface area (Å²) in [6, 6.07) is 3.46. The second-order valence-electron chi connectivity index (χ2n) is 5.15. The van der Waals surface area contributed by atoms with E-state index in [0.717, 1.165) is 10.0 Å². The van der Waals surface area contributed by atoms with Crippen LogP contribution in [0.25, 0.3) is 0 Å². The van der Waals surface area contributed by atoms with Gasteiger partial charge in [0.25, 0.3) is 5.91 Å². The molecule has 1 saturated heterocycles. The number of carbonyl (C=O) groups excluding carboxylic acids is 1. The summed E-state index contributed by atoms with van der Waals surface area (Å²) >= 11 is 3.31. The quantitative estimate of drug-likeness (QED) is 0.799. The number of halogens is 1. The van der Waals surface area contributed by atoms with Gasteiger partial charge in [0.05, 0.1) is 11.5 Å². The third-order valence-corrected chi connectivity index (χ3v) is 5.83. The van der Waals surface area contributed by atoms with E-state index >= 15 is 0 Å². The second-order valence-corrected chi connectivity index (χ2v) is 8.29. The van der Waals surface area contributed by atoms with Crippen molar-refractivity contribution in [3.63, 3.8) is 0 Å². The second kappa shape index (κ2) is 5.73. The van der Waals surface area contributed by atoms with Crippen molar-refractivity contribution in [3.05, 3.63) is 27.7 Å². The molecular formula is C13H17BrN2O3S. The summed E-state index contributed by atoms with van der Waals surface area (Å²) in [6.07, 6.45) is 0.613. The van der Waals surface area contributed by atoms with Gasteiger partial charge in [0.1, 0.15) is 0 Å². The summed E-state index contributed by atoms with van der Waals surface area (Å²) in [5, 5.41) is 2.79. The lowest BCUT2D eigenvalue weighted by Crippen LogP contribution is -2.30. The van der Waals surface area contributed by atoms with E-state index in [1.165, 1.54) is 0 Å². The Balaban J connectivity index is 2.03. The highest BCUT2D eigenvalue weighted by atomic mass is 79.9. The van der Waals surface area contributed by atoms with Crippen LogP contribution in [0.3, 0.4) is 0 Å². The van der Waals surface area contributed by atoms with Gasteiger partial charge in [0, 0.05) is 22.3 Å². The van der Waals surface area contributed by atoms with Gasteiger partial charge in [-0.15, -0.1) is 0 Å². The Bertz CT molecular complexity index is 643. The minimum Gasteiger partial charge on any atom is -0.398 e. The number of nitrogens with one attached hydrogen (secondary N) is 1. The lowest BCUT2D eigenvalue weighted by atomic mass is 10.1. The zero-order valence-electron chi connectivity index (χ0n) is 11.1. The molecule has 7 heteroatoms. The average Bonchev–Trinajstić information content (AvgIpc) is 2.70. The van der Waals surface area contributed by atoms with Crippen molar-refractivity contribution in [2.75, 3.05) is 23.8 Å². The molecule has 20 heavy (non-hydrogen) atoms. The Hall–Kier alpha value is -1.08. The van der Waals surface area contributed by atoms with Crippen LogP contribution in [-0.2, 0) is 9.84 Å². The van der Waals surface area contributed by atoms with E-state index in [2.05, 4.69) is 21.2 Å². The molecule has 1 aliphatic rings. The summed E-state index contributed by atoms with van der Waals surface area (Å²) in [7, 11) is -2.91. The molecule has 0 aliphatic carbocycles. The van der Waals surface area contributed by atoms with E-state index in [4.69, 9.17) is 5.73 Å². The maximum atomic E-state index is 12.2.